The van der Waals surface area contributed by atoms with Gasteiger partial charge in [-0.2, -0.15) is 9.78 Å². The Kier molecular flexibility index (Phi) is 5.40. The zero-order chi connectivity index (χ0) is 22.0. The van der Waals surface area contributed by atoms with E-state index < -0.39 is 6.09 Å². The second kappa shape index (κ2) is 8.31. The Morgan fingerprint density at radius 3 is 2.52 bits per heavy atom. The molecule has 0 aliphatic rings. The molecule has 0 bridgehead atoms. The maximum Gasteiger partial charge on any atom is 0.413 e. The molecule has 2 N–H and O–H groups in total. The average molecular weight is 418 g/mol. The third kappa shape index (κ3) is 3.97. The molecule has 9 nitrogen and oxygen atoms in total. The minimum Gasteiger partial charge on any atom is -0.449 e. The number of aromatic nitrogens is 4. The van der Waals surface area contributed by atoms with Crippen LogP contribution in [0.3, 0.4) is 0 Å². The summed E-state index contributed by atoms with van der Waals surface area (Å²) in [5.74, 6) is 1.11. The van der Waals surface area contributed by atoms with Crippen LogP contribution in [-0.4, -0.2) is 39.7 Å². The first-order valence-corrected chi connectivity index (χ1v) is 9.80. The Hall–Kier alpha value is -4.14. The van der Waals surface area contributed by atoms with Gasteiger partial charge in [0.25, 0.3) is 5.56 Å². The molecule has 0 atom stereocenters. The summed E-state index contributed by atoms with van der Waals surface area (Å²) in [5, 5.41) is 16.0. The lowest BCUT2D eigenvalue weighted by Crippen LogP contribution is -2.27. The molecule has 0 saturated carbocycles. The monoisotopic (exact) mass is 418 g/mol. The zero-order valence-corrected chi connectivity index (χ0v) is 17.4. The first kappa shape index (κ1) is 20.1. The molecule has 0 aliphatic carbocycles. The number of nitrogens with zero attached hydrogens (tertiary/aromatic N) is 4. The first-order chi connectivity index (χ1) is 15.0. The number of ether oxygens (including phenoxy) is 1. The maximum absolute atomic E-state index is 13.1. The fourth-order valence-electron chi connectivity index (χ4n) is 3.20. The summed E-state index contributed by atoms with van der Waals surface area (Å²) in [6.07, 6.45) is -0.447. The lowest BCUT2D eigenvalue weighted by molar-refractivity contribution is 0.161. The van der Waals surface area contributed by atoms with Crippen molar-refractivity contribution in [3.63, 3.8) is 0 Å². The molecule has 31 heavy (non-hydrogen) atoms. The Bertz CT molecular complexity index is 1290. The van der Waals surface area contributed by atoms with Crippen molar-refractivity contribution < 1.29 is 9.53 Å². The first-order valence-electron chi connectivity index (χ1n) is 9.80. The van der Waals surface area contributed by atoms with Gasteiger partial charge in [-0.05, 0) is 44.2 Å². The van der Waals surface area contributed by atoms with Crippen molar-refractivity contribution in [2.75, 3.05) is 23.9 Å². The minimum atomic E-state index is -0.447. The van der Waals surface area contributed by atoms with Crippen LogP contribution in [0.25, 0.3) is 16.5 Å². The molecular weight excluding hydrogens is 396 g/mol. The van der Waals surface area contributed by atoms with Crippen molar-refractivity contribution in [2.45, 2.75) is 13.8 Å². The Morgan fingerprint density at radius 1 is 1.16 bits per heavy atom. The normalized spacial score (nSPS) is 10.8. The lowest BCUT2D eigenvalue weighted by atomic mass is 10.2. The van der Waals surface area contributed by atoms with Crippen molar-refractivity contribution in [3.8, 4) is 5.69 Å². The van der Waals surface area contributed by atoms with Crippen molar-refractivity contribution in [1.82, 2.24) is 20.0 Å². The quantitative estimate of drug-likeness (QED) is 0.511. The number of nitrogens with one attached hydrogen (secondary N) is 2. The number of aromatic amines is 1. The van der Waals surface area contributed by atoms with E-state index in [9.17, 15) is 9.59 Å². The van der Waals surface area contributed by atoms with Gasteiger partial charge in [0.2, 0.25) is 0 Å². The molecule has 2 heterocycles. The molecule has 0 radical (unpaired) electrons. The van der Waals surface area contributed by atoms with E-state index in [2.05, 4.69) is 20.6 Å². The van der Waals surface area contributed by atoms with Gasteiger partial charge in [0.15, 0.2) is 11.6 Å². The molecule has 0 saturated heterocycles. The number of hydrogen-bond acceptors (Lipinski definition) is 6. The van der Waals surface area contributed by atoms with E-state index in [4.69, 9.17) is 4.74 Å². The summed E-state index contributed by atoms with van der Waals surface area (Å²) in [6, 6.07) is 16.1. The van der Waals surface area contributed by atoms with E-state index in [-0.39, 0.29) is 5.56 Å². The van der Waals surface area contributed by atoms with Crippen molar-refractivity contribution in [2.24, 2.45) is 0 Å². The molecule has 2 aromatic heterocycles. The highest BCUT2D eigenvalue weighted by molar-refractivity contribution is 5.92. The van der Waals surface area contributed by atoms with E-state index in [1.807, 2.05) is 31.2 Å². The molecule has 2 aromatic carbocycles. The number of benzene rings is 2. The van der Waals surface area contributed by atoms with E-state index in [1.165, 1.54) is 9.58 Å². The summed E-state index contributed by atoms with van der Waals surface area (Å²) in [5.41, 5.74) is 1.87. The number of anilines is 3. The van der Waals surface area contributed by atoms with Crippen LogP contribution in [0.1, 0.15) is 12.6 Å². The summed E-state index contributed by atoms with van der Waals surface area (Å²) >= 11 is 0. The van der Waals surface area contributed by atoms with Gasteiger partial charge in [0.1, 0.15) is 0 Å². The highest BCUT2D eigenvalue weighted by Gasteiger charge is 2.15. The lowest BCUT2D eigenvalue weighted by Gasteiger charge is -2.17. The summed E-state index contributed by atoms with van der Waals surface area (Å²) in [7, 11) is 1.63. The molecule has 9 heteroatoms. The fraction of sp³-hybridized carbons (Fsp3) is 0.182. The van der Waals surface area contributed by atoms with Crippen LogP contribution in [0, 0.1) is 6.92 Å². The maximum atomic E-state index is 13.1. The van der Waals surface area contributed by atoms with Gasteiger partial charge < -0.3 is 10.1 Å². The highest BCUT2D eigenvalue weighted by Crippen LogP contribution is 2.23. The summed E-state index contributed by atoms with van der Waals surface area (Å²) < 4.78 is 6.35. The Balaban J connectivity index is 1.76. The van der Waals surface area contributed by atoms with Gasteiger partial charge in [-0.25, -0.2) is 4.79 Å². The van der Waals surface area contributed by atoms with E-state index in [0.29, 0.717) is 40.4 Å². The Labute approximate surface area is 178 Å². The van der Waals surface area contributed by atoms with Crippen LogP contribution in [0.15, 0.2) is 59.4 Å². The van der Waals surface area contributed by atoms with E-state index in [1.54, 1.807) is 44.3 Å². The average Bonchev–Trinajstić information content (AvgIpc) is 3.20. The predicted molar refractivity (Wildman–Crippen MR) is 119 cm³/mol. The number of fused-ring (bicyclic) bond motifs is 1. The van der Waals surface area contributed by atoms with Crippen LogP contribution in [0.5, 0.6) is 0 Å². The van der Waals surface area contributed by atoms with Gasteiger partial charge in [-0.3, -0.25) is 14.8 Å². The zero-order valence-electron chi connectivity index (χ0n) is 17.4. The topological polar surface area (TPSA) is 105 Å². The van der Waals surface area contributed by atoms with Gasteiger partial charge in [-0.15, -0.1) is 5.10 Å². The van der Waals surface area contributed by atoms with Gasteiger partial charge >= 0.3 is 6.09 Å². The third-order valence-electron chi connectivity index (χ3n) is 4.78. The highest BCUT2D eigenvalue weighted by atomic mass is 16.6. The molecule has 0 spiro atoms. The van der Waals surface area contributed by atoms with Crippen molar-refractivity contribution >= 4 is 34.2 Å². The largest absolute Gasteiger partial charge is 0.449 e. The number of amides is 1. The number of carbonyl (C=O) groups is 1. The number of rotatable bonds is 5. The van der Waals surface area contributed by atoms with Crippen LogP contribution in [0.4, 0.5) is 22.1 Å². The van der Waals surface area contributed by atoms with Crippen LogP contribution in [0.2, 0.25) is 0 Å². The molecule has 0 aliphatic heterocycles. The molecule has 1 amide bonds. The SMILES string of the molecule is CCOC(=O)N(C)c1ccc(-n2nc(Nc3cc(C)[nH]n3)c3ccccc3c2=O)cc1. The smallest absolute Gasteiger partial charge is 0.413 e. The molecule has 0 unspecified atom stereocenters. The van der Waals surface area contributed by atoms with Crippen LogP contribution < -0.4 is 15.8 Å². The second-order valence-electron chi connectivity index (χ2n) is 6.95. The number of aryl methyl sites for hydroxylation is 1. The third-order valence-corrected chi connectivity index (χ3v) is 4.78. The second-order valence-corrected chi connectivity index (χ2v) is 6.95. The van der Waals surface area contributed by atoms with Crippen LogP contribution >= 0.6 is 0 Å². The number of H-pyrrole nitrogens is 1. The Morgan fingerprint density at radius 2 is 1.87 bits per heavy atom. The van der Waals surface area contributed by atoms with Crippen molar-refractivity contribution in [1.29, 1.82) is 0 Å². The molecule has 4 rings (SSSR count). The van der Waals surface area contributed by atoms with E-state index in [0.717, 1.165) is 5.69 Å². The standard InChI is InChI=1S/C22H22N6O3/c1-4-31-22(30)27(3)15-9-11-16(12-10-15)28-21(29)18-8-6-5-7-17(18)20(26-28)23-19-13-14(2)24-25-19/h5-13H,4H2,1-3H3,(H2,23,24,25,26). The van der Waals surface area contributed by atoms with Gasteiger partial charge in [-0.1, -0.05) is 18.2 Å². The van der Waals surface area contributed by atoms with Crippen molar-refractivity contribution in [3.05, 3.63) is 70.6 Å². The number of carbonyl (C=O) groups excluding carboxylic acids is 1. The van der Waals surface area contributed by atoms with Gasteiger partial charge in [0, 0.05) is 29.9 Å². The predicted octanol–water partition coefficient (Wildman–Crippen LogP) is 3.75. The molecule has 0 fully saturated rings. The molecule has 4 aromatic rings. The van der Waals surface area contributed by atoms with Gasteiger partial charge in [0.05, 0.1) is 17.7 Å². The fourth-order valence-corrected chi connectivity index (χ4v) is 3.20. The number of hydrogen-bond donors (Lipinski definition) is 2. The van der Waals surface area contributed by atoms with E-state index >= 15 is 0 Å². The summed E-state index contributed by atoms with van der Waals surface area (Å²) in [4.78, 5) is 26.5. The minimum absolute atomic E-state index is 0.245. The summed E-state index contributed by atoms with van der Waals surface area (Å²) in [6.45, 7) is 3.95. The molecular formula is C22H22N6O3. The molecule has 158 valence electrons. The van der Waals surface area contributed by atoms with Crippen LogP contribution in [-0.2, 0) is 4.74 Å².